The Morgan fingerprint density at radius 1 is 1.29 bits per heavy atom. The van der Waals surface area contributed by atoms with Crippen LogP contribution >= 0.6 is 0 Å². The normalized spacial score (nSPS) is 10.4. The quantitative estimate of drug-likeness (QED) is 0.822. The Morgan fingerprint density at radius 2 is 1.94 bits per heavy atom. The van der Waals surface area contributed by atoms with Crippen LogP contribution in [-0.4, -0.2) is 19.0 Å². The Labute approximate surface area is 104 Å². The molecule has 1 rings (SSSR count). The van der Waals surface area contributed by atoms with E-state index in [0.717, 1.165) is 29.7 Å². The van der Waals surface area contributed by atoms with E-state index in [4.69, 9.17) is 0 Å². The highest BCUT2D eigenvalue weighted by atomic mass is 16.1. The van der Waals surface area contributed by atoms with Crippen LogP contribution in [0.15, 0.2) is 18.2 Å². The number of amides is 1. The van der Waals surface area contributed by atoms with E-state index in [1.807, 2.05) is 32.2 Å². The van der Waals surface area contributed by atoms with E-state index in [0.29, 0.717) is 0 Å². The molecular formula is C14H22N2O. The Balaban J connectivity index is 2.82. The van der Waals surface area contributed by atoms with Gasteiger partial charge in [-0.15, -0.1) is 0 Å². The molecular weight excluding hydrogens is 212 g/mol. The Hall–Kier alpha value is -1.51. The average Bonchev–Trinajstić information content (AvgIpc) is 2.35. The molecule has 17 heavy (non-hydrogen) atoms. The second-order valence-electron chi connectivity index (χ2n) is 4.27. The van der Waals surface area contributed by atoms with Gasteiger partial charge in [-0.3, -0.25) is 4.79 Å². The van der Waals surface area contributed by atoms with Crippen LogP contribution < -0.4 is 10.6 Å². The Morgan fingerprint density at radius 3 is 2.41 bits per heavy atom. The summed E-state index contributed by atoms with van der Waals surface area (Å²) < 4.78 is 0. The van der Waals surface area contributed by atoms with Crippen LogP contribution in [0.3, 0.4) is 0 Å². The molecule has 0 radical (unpaired) electrons. The molecule has 3 heteroatoms. The van der Waals surface area contributed by atoms with Gasteiger partial charge in [-0.25, -0.2) is 0 Å². The molecule has 0 aromatic heterocycles. The molecule has 0 unspecified atom stereocenters. The second-order valence-corrected chi connectivity index (χ2v) is 4.27. The summed E-state index contributed by atoms with van der Waals surface area (Å²) in [5.41, 5.74) is 2.79. The van der Waals surface area contributed by atoms with Crippen LogP contribution in [0.25, 0.3) is 0 Å². The van der Waals surface area contributed by atoms with Gasteiger partial charge in [-0.2, -0.15) is 0 Å². The summed E-state index contributed by atoms with van der Waals surface area (Å²) in [5, 5.41) is 6.12. The van der Waals surface area contributed by atoms with E-state index in [-0.39, 0.29) is 11.9 Å². The van der Waals surface area contributed by atoms with Crippen molar-refractivity contribution in [1.82, 2.24) is 5.32 Å². The number of aryl methyl sites for hydroxylation is 1. The van der Waals surface area contributed by atoms with Crippen molar-refractivity contribution >= 4 is 11.6 Å². The topological polar surface area (TPSA) is 41.1 Å². The van der Waals surface area contributed by atoms with Crippen molar-refractivity contribution in [2.75, 3.05) is 12.4 Å². The van der Waals surface area contributed by atoms with Crippen LogP contribution in [0.4, 0.5) is 5.69 Å². The zero-order valence-corrected chi connectivity index (χ0v) is 11.1. The number of anilines is 1. The fourth-order valence-electron chi connectivity index (χ4n) is 1.83. The smallest absolute Gasteiger partial charge is 0.251 e. The van der Waals surface area contributed by atoms with E-state index in [2.05, 4.69) is 24.5 Å². The lowest BCUT2D eigenvalue weighted by atomic mass is 10.1. The maximum Gasteiger partial charge on any atom is 0.251 e. The van der Waals surface area contributed by atoms with Crippen LogP contribution in [0, 0.1) is 6.92 Å². The van der Waals surface area contributed by atoms with E-state index >= 15 is 0 Å². The summed E-state index contributed by atoms with van der Waals surface area (Å²) in [5.74, 6) is 0.0267. The van der Waals surface area contributed by atoms with Crippen LogP contribution in [0.1, 0.15) is 42.6 Å². The number of hydrogen-bond donors (Lipinski definition) is 2. The number of nitrogens with one attached hydrogen (secondary N) is 2. The first-order valence-electron chi connectivity index (χ1n) is 6.21. The van der Waals surface area contributed by atoms with Gasteiger partial charge in [0, 0.05) is 24.3 Å². The predicted molar refractivity (Wildman–Crippen MR) is 72.6 cm³/mol. The molecule has 0 aliphatic carbocycles. The van der Waals surface area contributed by atoms with Crippen molar-refractivity contribution in [2.24, 2.45) is 0 Å². The van der Waals surface area contributed by atoms with E-state index in [9.17, 15) is 4.79 Å². The summed E-state index contributed by atoms with van der Waals surface area (Å²) >= 11 is 0. The van der Waals surface area contributed by atoms with E-state index in [1.54, 1.807) is 0 Å². The van der Waals surface area contributed by atoms with Gasteiger partial charge in [-0.1, -0.05) is 13.8 Å². The zero-order chi connectivity index (χ0) is 12.8. The molecule has 0 fully saturated rings. The standard InChI is InChI=1S/C14H22N2O/c1-5-11(6-2)16-14(17)13-8-7-12(15-4)9-10(13)3/h7-9,11,15H,5-6H2,1-4H3,(H,16,17). The fraction of sp³-hybridized carbons (Fsp3) is 0.500. The number of benzene rings is 1. The number of rotatable bonds is 5. The minimum Gasteiger partial charge on any atom is -0.388 e. The number of carbonyl (C=O) groups excluding carboxylic acids is 1. The maximum absolute atomic E-state index is 12.1. The molecule has 0 spiro atoms. The molecule has 2 N–H and O–H groups in total. The molecule has 0 bridgehead atoms. The molecule has 0 atom stereocenters. The zero-order valence-electron chi connectivity index (χ0n) is 11.1. The van der Waals surface area contributed by atoms with Crippen LogP contribution in [-0.2, 0) is 0 Å². The summed E-state index contributed by atoms with van der Waals surface area (Å²) in [6.07, 6.45) is 1.94. The summed E-state index contributed by atoms with van der Waals surface area (Å²) in [6, 6.07) is 6.06. The Kier molecular flexibility index (Phi) is 5.01. The monoisotopic (exact) mass is 234 g/mol. The fourth-order valence-corrected chi connectivity index (χ4v) is 1.83. The lowest BCUT2D eigenvalue weighted by Crippen LogP contribution is -2.34. The molecule has 1 aromatic rings. The molecule has 0 heterocycles. The molecule has 0 saturated carbocycles. The van der Waals surface area contributed by atoms with Gasteiger partial charge in [-0.05, 0) is 43.5 Å². The van der Waals surface area contributed by atoms with Crippen LogP contribution in [0.2, 0.25) is 0 Å². The van der Waals surface area contributed by atoms with Crippen molar-refractivity contribution in [2.45, 2.75) is 39.7 Å². The van der Waals surface area contributed by atoms with Crippen molar-refractivity contribution in [3.05, 3.63) is 29.3 Å². The third-order valence-corrected chi connectivity index (χ3v) is 3.08. The largest absolute Gasteiger partial charge is 0.388 e. The van der Waals surface area contributed by atoms with Crippen molar-refractivity contribution in [1.29, 1.82) is 0 Å². The van der Waals surface area contributed by atoms with Gasteiger partial charge < -0.3 is 10.6 Å². The molecule has 0 aliphatic rings. The van der Waals surface area contributed by atoms with Crippen molar-refractivity contribution in [3.8, 4) is 0 Å². The van der Waals surface area contributed by atoms with Gasteiger partial charge in [0.2, 0.25) is 0 Å². The molecule has 0 saturated heterocycles. The predicted octanol–water partition coefficient (Wildman–Crippen LogP) is 2.96. The highest BCUT2D eigenvalue weighted by molar-refractivity contribution is 5.96. The van der Waals surface area contributed by atoms with Crippen molar-refractivity contribution in [3.63, 3.8) is 0 Å². The highest BCUT2D eigenvalue weighted by Crippen LogP contribution is 2.15. The minimum atomic E-state index is 0.0267. The molecule has 1 aromatic carbocycles. The average molecular weight is 234 g/mol. The first kappa shape index (κ1) is 13.6. The highest BCUT2D eigenvalue weighted by Gasteiger charge is 2.12. The Bertz CT molecular complexity index is 384. The van der Waals surface area contributed by atoms with E-state index < -0.39 is 0 Å². The van der Waals surface area contributed by atoms with Crippen LogP contribution in [0.5, 0.6) is 0 Å². The molecule has 0 aliphatic heterocycles. The van der Waals surface area contributed by atoms with Gasteiger partial charge >= 0.3 is 0 Å². The SMILES string of the molecule is CCC(CC)NC(=O)c1ccc(NC)cc1C. The number of carbonyl (C=O) groups is 1. The molecule has 3 nitrogen and oxygen atoms in total. The lowest BCUT2D eigenvalue weighted by molar-refractivity contribution is 0.0934. The van der Waals surface area contributed by atoms with Gasteiger partial charge in [0.15, 0.2) is 0 Å². The molecule has 1 amide bonds. The van der Waals surface area contributed by atoms with Gasteiger partial charge in [0.05, 0.1) is 0 Å². The first-order chi connectivity index (χ1) is 8.12. The van der Waals surface area contributed by atoms with Gasteiger partial charge in [0.1, 0.15) is 0 Å². The summed E-state index contributed by atoms with van der Waals surface area (Å²) in [4.78, 5) is 12.1. The summed E-state index contributed by atoms with van der Waals surface area (Å²) in [6.45, 7) is 6.14. The molecule has 94 valence electrons. The minimum absolute atomic E-state index is 0.0267. The second kappa shape index (κ2) is 6.28. The van der Waals surface area contributed by atoms with Crippen molar-refractivity contribution < 1.29 is 4.79 Å². The number of hydrogen-bond acceptors (Lipinski definition) is 2. The maximum atomic E-state index is 12.1. The third-order valence-electron chi connectivity index (χ3n) is 3.08. The lowest BCUT2D eigenvalue weighted by Gasteiger charge is -2.16. The first-order valence-corrected chi connectivity index (χ1v) is 6.21. The summed E-state index contributed by atoms with van der Waals surface area (Å²) in [7, 11) is 1.87. The van der Waals surface area contributed by atoms with E-state index in [1.165, 1.54) is 0 Å². The third kappa shape index (κ3) is 3.48. The van der Waals surface area contributed by atoms with Gasteiger partial charge in [0.25, 0.3) is 5.91 Å².